The van der Waals surface area contributed by atoms with Crippen LogP contribution in [0.25, 0.3) is 16.6 Å². The molecule has 0 unspecified atom stereocenters. The Bertz CT molecular complexity index is 1960. The van der Waals surface area contributed by atoms with Gasteiger partial charge in [0.1, 0.15) is 17.6 Å². The molecule has 0 aliphatic carbocycles. The molecule has 206 valence electrons. The number of anilines is 3. The summed E-state index contributed by atoms with van der Waals surface area (Å²) in [7, 11) is 0. The number of halogens is 4. The van der Waals surface area contributed by atoms with Gasteiger partial charge >= 0.3 is 0 Å². The fourth-order valence-corrected chi connectivity index (χ4v) is 4.73. The van der Waals surface area contributed by atoms with Gasteiger partial charge in [0.15, 0.2) is 5.82 Å². The highest BCUT2D eigenvalue weighted by molar-refractivity contribution is 6.36. The SMILES string of the molecule is N#Cc1cnc2c(Cl)cc(N[C@@H](c3ccc(F)cc3)c3cn(-c4ccccc4)nn3)cc2c1Nc1cnc(F)c(F)c1. The molecule has 3 aromatic carbocycles. The third-order valence-corrected chi connectivity index (χ3v) is 6.74. The molecule has 0 saturated carbocycles. The van der Waals surface area contributed by atoms with Gasteiger partial charge in [-0.15, -0.1) is 5.10 Å². The summed E-state index contributed by atoms with van der Waals surface area (Å²) in [4.78, 5) is 7.73. The van der Waals surface area contributed by atoms with Crippen molar-refractivity contribution in [2.45, 2.75) is 6.04 Å². The second-order valence-corrected chi connectivity index (χ2v) is 9.59. The van der Waals surface area contributed by atoms with Gasteiger partial charge in [0, 0.05) is 23.3 Å². The van der Waals surface area contributed by atoms with E-state index >= 15 is 0 Å². The maximum Gasteiger partial charge on any atom is 0.249 e. The third-order valence-electron chi connectivity index (χ3n) is 6.45. The molecule has 0 aliphatic rings. The van der Waals surface area contributed by atoms with Crippen molar-refractivity contribution >= 4 is 39.6 Å². The Balaban J connectivity index is 1.44. The molecule has 1 atom stereocenters. The Hall–Kier alpha value is -5.47. The van der Waals surface area contributed by atoms with Crippen LogP contribution in [0.4, 0.5) is 30.2 Å². The first-order chi connectivity index (χ1) is 20.4. The molecule has 0 amide bonds. The summed E-state index contributed by atoms with van der Waals surface area (Å²) in [5.74, 6) is -2.79. The van der Waals surface area contributed by atoms with Gasteiger partial charge in [-0.2, -0.15) is 9.65 Å². The van der Waals surface area contributed by atoms with Crippen LogP contribution in [0, 0.1) is 28.9 Å². The topological polar surface area (TPSA) is 104 Å². The lowest BCUT2D eigenvalue weighted by Gasteiger charge is -2.20. The third kappa shape index (κ3) is 5.31. The van der Waals surface area contributed by atoms with Crippen molar-refractivity contribution in [1.82, 2.24) is 25.0 Å². The van der Waals surface area contributed by atoms with Gasteiger partial charge in [-0.3, -0.25) is 4.98 Å². The average molecular weight is 583 g/mol. The highest BCUT2D eigenvalue weighted by atomic mass is 35.5. The summed E-state index contributed by atoms with van der Waals surface area (Å²) in [5, 5.41) is 25.4. The molecular weight excluding hydrogens is 565 g/mol. The number of aromatic nitrogens is 5. The van der Waals surface area contributed by atoms with Gasteiger partial charge in [0.25, 0.3) is 0 Å². The zero-order valence-electron chi connectivity index (χ0n) is 21.4. The van der Waals surface area contributed by atoms with Gasteiger partial charge in [-0.25, -0.2) is 18.4 Å². The van der Waals surface area contributed by atoms with Gasteiger partial charge in [-0.1, -0.05) is 47.1 Å². The number of nitriles is 1. The summed E-state index contributed by atoms with van der Waals surface area (Å²) in [6, 6.07) is 21.2. The second-order valence-electron chi connectivity index (χ2n) is 9.19. The fourth-order valence-electron chi connectivity index (χ4n) is 4.46. The molecule has 12 heteroatoms. The molecule has 3 heterocycles. The van der Waals surface area contributed by atoms with Crippen LogP contribution in [-0.4, -0.2) is 25.0 Å². The quantitative estimate of drug-likeness (QED) is 0.193. The lowest BCUT2D eigenvalue weighted by Crippen LogP contribution is -2.13. The maximum atomic E-state index is 13.9. The summed E-state index contributed by atoms with van der Waals surface area (Å²) < 4.78 is 42.8. The molecule has 6 aromatic rings. The zero-order chi connectivity index (χ0) is 29.2. The van der Waals surface area contributed by atoms with Crippen LogP contribution in [-0.2, 0) is 0 Å². The molecule has 0 aliphatic heterocycles. The number of nitrogens with zero attached hydrogens (tertiary/aromatic N) is 6. The van der Waals surface area contributed by atoms with Crippen molar-refractivity contribution in [3.8, 4) is 11.8 Å². The first-order valence-corrected chi connectivity index (χ1v) is 12.9. The van der Waals surface area contributed by atoms with E-state index in [2.05, 4.69) is 37.0 Å². The average Bonchev–Trinajstić information content (AvgIpc) is 3.49. The van der Waals surface area contributed by atoms with Crippen LogP contribution >= 0.6 is 11.6 Å². The number of hydrogen-bond donors (Lipinski definition) is 2. The largest absolute Gasteiger partial charge is 0.373 e. The van der Waals surface area contributed by atoms with Crippen molar-refractivity contribution in [1.29, 1.82) is 5.26 Å². The number of hydrogen-bond acceptors (Lipinski definition) is 7. The number of fused-ring (bicyclic) bond motifs is 1. The van der Waals surface area contributed by atoms with Crippen molar-refractivity contribution in [3.05, 3.63) is 131 Å². The first-order valence-electron chi connectivity index (χ1n) is 12.5. The second kappa shape index (κ2) is 11.2. The van der Waals surface area contributed by atoms with Crippen LogP contribution < -0.4 is 10.6 Å². The minimum atomic E-state index is -1.24. The van der Waals surface area contributed by atoms with Crippen LogP contribution in [0.3, 0.4) is 0 Å². The predicted molar refractivity (Wildman–Crippen MR) is 152 cm³/mol. The van der Waals surface area contributed by atoms with Crippen molar-refractivity contribution in [2.75, 3.05) is 10.6 Å². The van der Waals surface area contributed by atoms with Crippen LogP contribution in [0.15, 0.2) is 91.4 Å². The molecule has 6 rings (SSSR count). The molecule has 3 aromatic heterocycles. The number of benzene rings is 3. The molecule has 0 bridgehead atoms. The van der Waals surface area contributed by atoms with Crippen LogP contribution in [0.1, 0.15) is 22.9 Å². The number of nitrogens with one attached hydrogen (secondary N) is 2. The van der Waals surface area contributed by atoms with E-state index in [9.17, 15) is 18.4 Å². The Morgan fingerprint density at radius 1 is 0.905 bits per heavy atom. The molecule has 8 nitrogen and oxygen atoms in total. The first kappa shape index (κ1) is 26.7. The van der Waals surface area contributed by atoms with E-state index in [1.165, 1.54) is 18.3 Å². The monoisotopic (exact) mass is 582 g/mol. The fraction of sp³-hybridized carbons (Fsp3) is 0.0333. The van der Waals surface area contributed by atoms with Crippen molar-refractivity contribution < 1.29 is 13.2 Å². The molecule has 0 saturated heterocycles. The highest BCUT2D eigenvalue weighted by Crippen LogP contribution is 2.36. The van der Waals surface area contributed by atoms with E-state index in [1.54, 1.807) is 35.1 Å². The number of para-hydroxylation sites is 1. The predicted octanol–water partition coefficient (Wildman–Crippen LogP) is 7.10. The van der Waals surface area contributed by atoms with E-state index in [0.29, 0.717) is 27.8 Å². The summed E-state index contributed by atoms with van der Waals surface area (Å²) >= 11 is 6.64. The summed E-state index contributed by atoms with van der Waals surface area (Å²) in [6.07, 6.45) is 4.20. The molecule has 0 radical (unpaired) electrons. The van der Waals surface area contributed by atoms with Crippen molar-refractivity contribution in [2.24, 2.45) is 0 Å². The van der Waals surface area contributed by atoms with Gasteiger partial charge in [-0.05, 0) is 42.0 Å². The van der Waals surface area contributed by atoms with E-state index in [-0.39, 0.29) is 22.0 Å². The zero-order valence-corrected chi connectivity index (χ0v) is 22.2. The highest BCUT2D eigenvalue weighted by Gasteiger charge is 2.21. The Kier molecular flexibility index (Phi) is 7.12. The molecule has 2 N–H and O–H groups in total. The van der Waals surface area contributed by atoms with E-state index in [0.717, 1.165) is 18.0 Å². The summed E-state index contributed by atoms with van der Waals surface area (Å²) in [5.41, 5.74) is 3.46. The van der Waals surface area contributed by atoms with Crippen molar-refractivity contribution in [3.63, 3.8) is 0 Å². The minimum absolute atomic E-state index is 0.120. The van der Waals surface area contributed by atoms with Crippen LogP contribution in [0.5, 0.6) is 0 Å². The maximum absolute atomic E-state index is 13.9. The van der Waals surface area contributed by atoms with E-state index in [1.807, 2.05) is 30.3 Å². The van der Waals surface area contributed by atoms with E-state index in [4.69, 9.17) is 11.6 Å². The summed E-state index contributed by atoms with van der Waals surface area (Å²) in [6.45, 7) is 0. The number of rotatable bonds is 7. The smallest absolute Gasteiger partial charge is 0.249 e. The van der Waals surface area contributed by atoms with E-state index < -0.39 is 23.6 Å². The molecule has 0 fully saturated rings. The Morgan fingerprint density at radius 2 is 1.69 bits per heavy atom. The lowest BCUT2D eigenvalue weighted by atomic mass is 10.0. The van der Waals surface area contributed by atoms with Gasteiger partial charge in [0.05, 0.1) is 51.6 Å². The minimum Gasteiger partial charge on any atom is -0.373 e. The number of pyridine rings is 2. The van der Waals surface area contributed by atoms with Gasteiger partial charge in [0.2, 0.25) is 5.95 Å². The Labute approximate surface area is 242 Å². The normalized spacial score (nSPS) is 11.7. The van der Waals surface area contributed by atoms with Gasteiger partial charge < -0.3 is 10.6 Å². The Morgan fingerprint density at radius 3 is 2.43 bits per heavy atom. The molecular formula is C30H18ClF3N8. The van der Waals surface area contributed by atoms with Crippen LogP contribution in [0.2, 0.25) is 5.02 Å². The molecule has 0 spiro atoms. The standard InChI is InChI=1S/C30H18ClF3N8/c31-24-11-20(10-23-27(18(13-35)14-36-29(23)24)39-21-12-25(33)30(34)37-15-21)38-28(17-6-8-19(32)9-7-17)26-16-42(41-40-26)22-4-2-1-3-5-22/h1-12,14-16,28,38H,(H,36,39)/t28-/m0/s1. The lowest BCUT2D eigenvalue weighted by molar-refractivity contribution is 0.480. The molecule has 42 heavy (non-hydrogen) atoms.